The Hall–Kier alpha value is -1.04. The molecule has 1 amide bonds. The van der Waals surface area contributed by atoms with Crippen LogP contribution in [0.2, 0.25) is 0 Å². The minimum absolute atomic E-state index is 0.257. The lowest BCUT2D eigenvalue weighted by Gasteiger charge is -2.35. The van der Waals surface area contributed by atoms with Crippen LogP contribution in [0.1, 0.15) is 18.1 Å². The van der Waals surface area contributed by atoms with Gasteiger partial charge >= 0.3 is 0 Å². The standard InChI is InChI=1S/C16H24N2O2S/c1-21-12-7-16(20)18-10-8-17(9-11-18)13-15(19)14-5-3-2-4-6-14/h2-6,15,19H,7-13H2,1H3. The first kappa shape index (κ1) is 16.3. The molecule has 1 saturated heterocycles. The Bertz CT molecular complexity index is 433. The van der Waals surface area contributed by atoms with Crippen molar-refractivity contribution in [3.8, 4) is 0 Å². The van der Waals surface area contributed by atoms with Crippen molar-refractivity contribution in [1.82, 2.24) is 9.80 Å². The van der Waals surface area contributed by atoms with Crippen molar-refractivity contribution in [3.63, 3.8) is 0 Å². The molecule has 21 heavy (non-hydrogen) atoms. The average Bonchev–Trinajstić information content (AvgIpc) is 2.54. The van der Waals surface area contributed by atoms with Crippen molar-refractivity contribution >= 4 is 17.7 Å². The van der Waals surface area contributed by atoms with E-state index < -0.39 is 6.10 Å². The topological polar surface area (TPSA) is 43.8 Å². The first-order valence-electron chi connectivity index (χ1n) is 7.43. The molecule has 1 N–H and O–H groups in total. The number of hydrogen-bond acceptors (Lipinski definition) is 4. The molecule has 1 unspecified atom stereocenters. The lowest BCUT2D eigenvalue weighted by Crippen LogP contribution is -2.49. The van der Waals surface area contributed by atoms with Gasteiger partial charge in [-0.15, -0.1) is 0 Å². The van der Waals surface area contributed by atoms with Crippen molar-refractivity contribution in [2.45, 2.75) is 12.5 Å². The molecule has 1 fully saturated rings. The molecule has 0 bridgehead atoms. The normalized spacial score (nSPS) is 17.7. The van der Waals surface area contributed by atoms with E-state index in [0.29, 0.717) is 13.0 Å². The Morgan fingerprint density at radius 1 is 1.24 bits per heavy atom. The molecule has 1 aromatic rings. The Balaban J connectivity index is 1.75. The van der Waals surface area contributed by atoms with Crippen molar-refractivity contribution in [1.29, 1.82) is 0 Å². The van der Waals surface area contributed by atoms with Crippen LogP contribution in [0.4, 0.5) is 0 Å². The van der Waals surface area contributed by atoms with Gasteiger partial charge in [0, 0.05) is 44.9 Å². The molecule has 0 saturated carbocycles. The summed E-state index contributed by atoms with van der Waals surface area (Å²) in [5, 5.41) is 10.2. The molecule has 1 aliphatic heterocycles. The van der Waals surface area contributed by atoms with E-state index in [2.05, 4.69) is 4.90 Å². The van der Waals surface area contributed by atoms with Gasteiger partial charge in [-0.25, -0.2) is 0 Å². The monoisotopic (exact) mass is 308 g/mol. The molecular formula is C16H24N2O2S. The molecule has 2 rings (SSSR count). The van der Waals surface area contributed by atoms with Gasteiger partial charge in [-0.2, -0.15) is 11.8 Å². The second-order valence-electron chi connectivity index (χ2n) is 5.35. The van der Waals surface area contributed by atoms with E-state index in [4.69, 9.17) is 0 Å². The van der Waals surface area contributed by atoms with E-state index in [1.54, 1.807) is 11.8 Å². The van der Waals surface area contributed by atoms with Gasteiger partial charge in [0.25, 0.3) is 0 Å². The zero-order valence-electron chi connectivity index (χ0n) is 12.6. The Labute approximate surface area is 131 Å². The van der Waals surface area contributed by atoms with Crippen molar-refractivity contribution in [2.24, 2.45) is 0 Å². The van der Waals surface area contributed by atoms with Crippen molar-refractivity contribution in [2.75, 3.05) is 44.7 Å². The van der Waals surface area contributed by atoms with E-state index in [1.807, 2.05) is 41.5 Å². The van der Waals surface area contributed by atoms with Gasteiger partial charge in [-0.1, -0.05) is 30.3 Å². The molecule has 0 radical (unpaired) electrons. The first-order valence-corrected chi connectivity index (χ1v) is 8.82. The van der Waals surface area contributed by atoms with Crippen LogP contribution in [-0.2, 0) is 4.79 Å². The number of carbonyl (C=O) groups excluding carboxylic acids is 1. The minimum Gasteiger partial charge on any atom is -0.387 e. The fraction of sp³-hybridized carbons (Fsp3) is 0.562. The Morgan fingerprint density at radius 2 is 1.90 bits per heavy atom. The van der Waals surface area contributed by atoms with Crippen LogP contribution in [0.15, 0.2) is 30.3 Å². The lowest BCUT2D eigenvalue weighted by atomic mass is 10.1. The zero-order chi connectivity index (χ0) is 15.1. The summed E-state index contributed by atoms with van der Waals surface area (Å²) in [6.45, 7) is 3.87. The van der Waals surface area contributed by atoms with Gasteiger partial charge in [0.05, 0.1) is 6.10 Å². The molecule has 0 spiro atoms. The van der Waals surface area contributed by atoms with Crippen LogP contribution in [0.3, 0.4) is 0 Å². The van der Waals surface area contributed by atoms with Crippen LogP contribution < -0.4 is 0 Å². The predicted molar refractivity (Wildman–Crippen MR) is 87.4 cm³/mol. The summed E-state index contributed by atoms with van der Waals surface area (Å²) in [4.78, 5) is 16.1. The molecule has 5 heteroatoms. The number of carbonyl (C=O) groups is 1. The summed E-state index contributed by atoms with van der Waals surface area (Å²) < 4.78 is 0. The third kappa shape index (κ3) is 5.02. The summed E-state index contributed by atoms with van der Waals surface area (Å²) in [6, 6.07) is 9.75. The number of thioether (sulfide) groups is 1. The highest BCUT2D eigenvalue weighted by molar-refractivity contribution is 7.98. The SMILES string of the molecule is CSCCC(=O)N1CCN(CC(O)c2ccccc2)CC1. The smallest absolute Gasteiger partial charge is 0.223 e. The molecule has 0 aliphatic carbocycles. The number of aliphatic hydroxyl groups excluding tert-OH is 1. The van der Waals surface area contributed by atoms with Crippen LogP contribution >= 0.6 is 11.8 Å². The molecule has 0 aromatic heterocycles. The van der Waals surface area contributed by atoms with Gasteiger partial charge in [-0.3, -0.25) is 9.69 Å². The van der Waals surface area contributed by atoms with Gasteiger partial charge < -0.3 is 10.0 Å². The van der Waals surface area contributed by atoms with Gasteiger partial charge in [0.15, 0.2) is 0 Å². The van der Waals surface area contributed by atoms with E-state index in [0.717, 1.165) is 37.5 Å². The number of β-amino-alcohol motifs (C(OH)–C–C–N with tert-alkyl or cyclic N) is 1. The number of hydrogen-bond donors (Lipinski definition) is 1. The largest absolute Gasteiger partial charge is 0.387 e. The molecule has 116 valence electrons. The highest BCUT2D eigenvalue weighted by Crippen LogP contribution is 2.15. The number of piperazine rings is 1. The number of amides is 1. The number of nitrogens with zero attached hydrogens (tertiary/aromatic N) is 2. The molecule has 1 aromatic carbocycles. The van der Waals surface area contributed by atoms with Crippen LogP contribution in [0, 0.1) is 0 Å². The maximum absolute atomic E-state index is 12.0. The van der Waals surface area contributed by atoms with E-state index in [-0.39, 0.29) is 5.91 Å². The maximum atomic E-state index is 12.0. The second kappa shape index (κ2) is 8.41. The van der Waals surface area contributed by atoms with E-state index >= 15 is 0 Å². The zero-order valence-corrected chi connectivity index (χ0v) is 13.4. The highest BCUT2D eigenvalue weighted by atomic mass is 32.2. The summed E-state index contributed by atoms with van der Waals surface area (Å²) in [5.41, 5.74) is 0.955. The summed E-state index contributed by atoms with van der Waals surface area (Å²) >= 11 is 1.71. The predicted octanol–water partition coefficient (Wildman–Crippen LogP) is 1.62. The second-order valence-corrected chi connectivity index (χ2v) is 6.34. The summed E-state index contributed by atoms with van der Waals surface area (Å²) in [7, 11) is 0. The third-order valence-electron chi connectivity index (χ3n) is 3.86. The Morgan fingerprint density at radius 3 is 2.52 bits per heavy atom. The van der Waals surface area contributed by atoms with Gasteiger partial charge in [-0.05, 0) is 11.8 Å². The van der Waals surface area contributed by atoms with Crippen LogP contribution in [0.25, 0.3) is 0 Å². The van der Waals surface area contributed by atoms with Crippen LogP contribution in [-0.4, -0.2) is 65.5 Å². The van der Waals surface area contributed by atoms with Crippen molar-refractivity contribution < 1.29 is 9.90 Å². The number of benzene rings is 1. The third-order valence-corrected chi connectivity index (χ3v) is 4.47. The molecule has 4 nitrogen and oxygen atoms in total. The number of aliphatic hydroxyl groups is 1. The maximum Gasteiger partial charge on any atom is 0.223 e. The van der Waals surface area contributed by atoms with E-state index in [9.17, 15) is 9.90 Å². The summed E-state index contributed by atoms with van der Waals surface area (Å²) in [6.07, 6.45) is 2.20. The van der Waals surface area contributed by atoms with Gasteiger partial charge in [0.2, 0.25) is 5.91 Å². The van der Waals surface area contributed by atoms with E-state index in [1.165, 1.54) is 0 Å². The van der Waals surface area contributed by atoms with Gasteiger partial charge in [0.1, 0.15) is 0 Å². The Kier molecular flexibility index (Phi) is 6.54. The first-order chi connectivity index (χ1) is 10.2. The van der Waals surface area contributed by atoms with Crippen molar-refractivity contribution in [3.05, 3.63) is 35.9 Å². The lowest BCUT2D eigenvalue weighted by molar-refractivity contribution is -0.132. The minimum atomic E-state index is -0.454. The highest BCUT2D eigenvalue weighted by Gasteiger charge is 2.22. The quantitative estimate of drug-likeness (QED) is 0.867. The molecule has 1 atom stereocenters. The fourth-order valence-corrected chi connectivity index (χ4v) is 2.93. The fourth-order valence-electron chi connectivity index (χ4n) is 2.55. The summed E-state index contributed by atoms with van der Waals surface area (Å²) in [5.74, 6) is 1.15. The average molecular weight is 308 g/mol. The molecular weight excluding hydrogens is 284 g/mol. The molecule has 1 heterocycles. The number of rotatable bonds is 6. The van der Waals surface area contributed by atoms with Crippen LogP contribution in [0.5, 0.6) is 0 Å². The molecule has 1 aliphatic rings.